The van der Waals surface area contributed by atoms with Crippen molar-refractivity contribution in [3.63, 3.8) is 0 Å². The largest absolute Gasteiger partial charge is 0.497 e. The lowest BCUT2D eigenvalue weighted by Crippen LogP contribution is -2.45. The molecule has 12 nitrogen and oxygen atoms in total. The Morgan fingerprint density at radius 2 is 1.91 bits per heavy atom. The lowest BCUT2D eigenvalue weighted by molar-refractivity contribution is 0.0916. The number of hydrogen-bond acceptors (Lipinski definition) is 8. The summed E-state index contributed by atoms with van der Waals surface area (Å²) in [7, 11) is -1.27. The number of hydrogen-bond donors (Lipinski definition) is 3. The first kappa shape index (κ1) is 25.4. The zero-order chi connectivity index (χ0) is 25.4. The summed E-state index contributed by atoms with van der Waals surface area (Å²) >= 11 is 0. The smallest absolute Gasteiger partial charge is 0.305 e. The maximum Gasteiger partial charge on any atom is 0.305 e. The molecule has 2 aromatic heterocycles. The highest BCUT2D eigenvalue weighted by Crippen LogP contribution is 2.29. The summed E-state index contributed by atoms with van der Waals surface area (Å²) in [6.45, 7) is 1.40. The summed E-state index contributed by atoms with van der Waals surface area (Å²) in [6, 6.07) is 7.71. The van der Waals surface area contributed by atoms with Crippen LogP contribution in [0.1, 0.15) is 23.3 Å². The topological polar surface area (TPSA) is 157 Å². The minimum absolute atomic E-state index is 0.0106. The van der Waals surface area contributed by atoms with Gasteiger partial charge in [-0.3, -0.25) is 15.6 Å². The van der Waals surface area contributed by atoms with E-state index in [0.717, 1.165) is 12.4 Å². The van der Waals surface area contributed by atoms with E-state index in [1.807, 2.05) is 0 Å². The van der Waals surface area contributed by atoms with Crippen LogP contribution in [0, 0.1) is 5.82 Å². The maximum absolute atomic E-state index is 13.1. The second-order valence-electron chi connectivity index (χ2n) is 7.03. The second-order valence-corrected chi connectivity index (χ2v) is 9.05. The number of benzene rings is 1. The second kappa shape index (κ2) is 11.3. The quantitative estimate of drug-likeness (QED) is 0.234. The summed E-state index contributed by atoms with van der Waals surface area (Å²) < 4.78 is 58.2. The summed E-state index contributed by atoms with van der Waals surface area (Å²) in [5.41, 5.74) is 5.09. The zero-order valence-electron chi connectivity index (χ0n) is 19.0. The number of aromatic nitrogens is 2. The number of furan rings is 1. The number of anilines is 1. The van der Waals surface area contributed by atoms with E-state index in [-0.39, 0.29) is 24.0 Å². The van der Waals surface area contributed by atoms with E-state index in [9.17, 15) is 17.6 Å². The molecule has 0 saturated heterocycles. The van der Waals surface area contributed by atoms with Crippen LogP contribution in [0.25, 0.3) is 0 Å². The molecular weight excluding hydrogens is 483 g/mol. The Hall–Kier alpha value is -4.20. The van der Waals surface area contributed by atoms with Crippen LogP contribution in [0.4, 0.5) is 10.1 Å². The Kier molecular flexibility index (Phi) is 8.20. The van der Waals surface area contributed by atoms with Crippen molar-refractivity contribution in [1.29, 1.82) is 0 Å². The molecular formula is C21H23FN6O6S. The highest BCUT2D eigenvalue weighted by atomic mass is 32.2. The molecule has 0 aliphatic rings. The molecule has 0 fully saturated rings. The Labute approximate surface area is 200 Å². The van der Waals surface area contributed by atoms with E-state index in [1.165, 1.54) is 39.5 Å². The van der Waals surface area contributed by atoms with Crippen molar-refractivity contribution in [3.05, 3.63) is 66.4 Å². The van der Waals surface area contributed by atoms with Gasteiger partial charge in [-0.2, -0.15) is 0 Å². The van der Waals surface area contributed by atoms with Crippen molar-refractivity contribution in [2.24, 2.45) is 4.40 Å². The van der Waals surface area contributed by atoms with Crippen molar-refractivity contribution in [3.8, 4) is 11.5 Å². The molecule has 1 amide bonds. The average Bonchev–Trinajstić information content (AvgIpc) is 3.39. The standard InChI is InChI=1S/C21H23FN6O6S/c1-13(9-19-23-11-14(22)12-24-19)35(30,31)28-21(27-26-20(29)17-5-4-8-34-17)25-16-7-6-15(32-2)10-18(16)33-3/h4-8,10-13H,9H2,1-3H3,(H,26,29)(H2,25,27,28)/t13-/m0/s1. The molecule has 0 bridgehead atoms. The van der Waals surface area contributed by atoms with Gasteiger partial charge in [0.1, 0.15) is 17.3 Å². The number of halogens is 1. The number of carbonyl (C=O) groups excluding carboxylic acids is 1. The van der Waals surface area contributed by atoms with E-state index < -0.39 is 27.0 Å². The molecule has 0 spiro atoms. The zero-order valence-corrected chi connectivity index (χ0v) is 19.8. The van der Waals surface area contributed by atoms with Crippen LogP contribution in [0.5, 0.6) is 11.5 Å². The van der Waals surface area contributed by atoms with Crippen molar-refractivity contribution in [1.82, 2.24) is 20.8 Å². The number of hydrazine groups is 1. The molecule has 0 radical (unpaired) electrons. The SMILES string of the molecule is COc1ccc(N/C(=N/S(=O)(=O)[C@@H](C)Cc2ncc(F)cn2)NNC(=O)c2ccco2)c(OC)c1. The maximum atomic E-state index is 13.1. The first-order chi connectivity index (χ1) is 16.7. The predicted molar refractivity (Wildman–Crippen MR) is 124 cm³/mol. The molecule has 0 unspecified atom stereocenters. The lowest BCUT2D eigenvalue weighted by atomic mass is 10.2. The van der Waals surface area contributed by atoms with Crippen LogP contribution >= 0.6 is 0 Å². The molecule has 0 aliphatic heterocycles. The van der Waals surface area contributed by atoms with Gasteiger partial charge in [-0.15, -0.1) is 4.40 Å². The Bertz CT molecular complexity index is 1280. The number of nitrogens with zero attached hydrogens (tertiary/aromatic N) is 3. The van der Waals surface area contributed by atoms with Crippen LogP contribution in [-0.2, 0) is 16.4 Å². The summed E-state index contributed by atoms with van der Waals surface area (Å²) in [5, 5.41) is 1.71. The average molecular weight is 507 g/mol. The summed E-state index contributed by atoms with van der Waals surface area (Å²) in [4.78, 5) is 19.8. The molecule has 0 aliphatic carbocycles. The molecule has 3 N–H and O–H groups in total. The van der Waals surface area contributed by atoms with Gasteiger partial charge in [-0.05, 0) is 31.2 Å². The molecule has 3 rings (SSSR count). The van der Waals surface area contributed by atoms with Crippen LogP contribution < -0.4 is 25.6 Å². The van der Waals surface area contributed by atoms with Gasteiger partial charge in [-0.1, -0.05) is 0 Å². The first-order valence-corrected chi connectivity index (χ1v) is 11.6. The lowest BCUT2D eigenvalue weighted by Gasteiger charge is -2.16. The number of guanidine groups is 1. The van der Waals surface area contributed by atoms with Crippen molar-refractivity contribution >= 4 is 27.6 Å². The molecule has 2 heterocycles. The predicted octanol–water partition coefficient (Wildman–Crippen LogP) is 1.89. The molecule has 1 aromatic carbocycles. The van der Waals surface area contributed by atoms with Gasteiger partial charge < -0.3 is 19.2 Å². The van der Waals surface area contributed by atoms with Gasteiger partial charge in [0.15, 0.2) is 11.6 Å². The van der Waals surface area contributed by atoms with Gasteiger partial charge >= 0.3 is 5.91 Å². The Balaban J connectivity index is 1.86. The van der Waals surface area contributed by atoms with Gasteiger partial charge in [0.25, 0.3) is 10.0 Å². The molecule has 1 atom stereocenters. The third-order valence-electron chi connectivity index (χ3n) is 4.57. The number of nitrogens with one attached hydrogen (secondary N) is 3. The fourth-order valence-corrected chi connectivity index (χ4v) is 3.60. The number of amides is 1. The van der Waals surface area contributed by atoms with E-state index in [0.29, 0.717) is 17.2 Å². The number of methoxy groups -OCH3 is 2. The monoisotopic (exact) mass is 506 g/mol. The number of ether oxygens (including phenoxy) is 2. The normalized spacial score (nSPS) is 12.5. The number of sulfonamides is 1. The van der Waals surface area contributed by atoms with E-state index in [2.05, 4.69) is 30.5 Å². The molecule has 0 saturated carbocycles. The molecule has 186 valence electrons. The summed E-state index contributed by atoms with van der Waals surface area (Å²) in [6.07, 6.45) is 3.08. The highest BCUT2D eigenvalue weighted by molar-refractivity contribution is 7.90. The van der Waals surface area contributed by atoms with Crippen LogP contribution in [-0.4, -0.2) is 49.7 Å². The number of rotatable bonds is 8. The fourth-order valence-electron chi connectivity index (χ4n) is 2.72. The third-order valence-corrected chi connectivity index (χ3v) is 6.19. The molecule has 3 aromatic rings. The van der Waals surface area contributed by atoms with Crippen molar-refractivity contribution in [2.45, 2.75) is 18.6 Å². The van der Waals surface area contributed by atoms with Crippen LogP contribution in [0.2, 0.25) is 0 Å². The van der Waals surface area contributed by atoms with Gasteiger partial charge in [-0.25, -0.2) is 22.8 Å². The van der Waals surface area contributed by atoms with E-state index in [4.69, 9.17) is 13.9 Å². The third kappa shape index (κ3) is 6.89. The van der Waals surface area contributed by atoms with Gasteiger partial charge in [0, 0.05) is 12.5 Å². The van der Waals surface area contributed by atoms with Gasteiger partial charge in [0.2, 0.25) is 5.96 Å². The van der Waals surface area contributed by atoms with E-state index >= 15 is 0 Å². The number of carbonyl (C=O) groups is 1. The Morgan fingerprint density at radius 3 is 2.54 bits per heavy atom. The van der Waals surface area contributed by atoms with Crippen LogP contribution in [0.15, 0.2) is 57.8 Å². The van der Waals surface area contributed by atoms with Crippen LogP contribution in [0.3, 0.4) is 0 Å². The first-order valence-electron chi connectivity index (χ1n) is 10.1. The van der Waals surface area contributed by atoms with Gasteiger partial charge in [0.05, 0.1) is 43.8 Å². The minimum atomic E-state index is -4.17. The van der Waals surface area contributed by atoms with E-state index in [1.54, 1.807) is 18.2 Å². The van der Waals surface area contributed by atoms with Crippen molar-refractivity contribution < 1.29 is 31.5 Å². The Morgan fingerprint density at radius 1 is 1.17 bits per heavy atom. The summed E-state index contributed by atoms with van der Waals surface area (Å²) in [5.74, 6) is -0.700. The molecule has 14 heteroatoms. The highest BCUT2D eigenvalue weighted by Gasteiger charge is 2.24. The molecule has 35 heavy (non-hydrogen) atoms. The fraction of sp³-hybridized carbons (Fsp3) is 0.238. The minimum Gasteiger partial charge on any atom is -0.497 e. The van der Waals surface area contributed by atoms with Crippen molar-refractivity contribution in [2.75, 3.05) is 19.5 Å².